The normalized spacial score (nSPS) is 17.0. The van der Waals surface area contributed by atoms with Crippen LogP contribution in [0, 0.1) is 0 Å². The molecule has 0 aliphatic carbocycles. The van der Waals surface area contributed by atoms with Gasteiger partial charge in [-0.2, -0.15) is 0 Å². The zero-order valence-corrected chi connectivity index (χ0v) is 18.7. The van der Waals surface area contributed by atoms with Gasteiger partial charge in [-0.15, -0.1) is 0 Å². The van der Waals surface area contributed by atoms with Gasteiger partial charge in [0.25, 0.3) is 5.91 Å². The van der Waals surface area contributed by atoms with Gasteiger partial charge in [-0.05, 0) is 41.5 Å². The quantitative estimate of drug-likeness (QED) is 0.225. The van der Waals surface area contributed by atoms with Gasteiger partial charge in [0.2, 0.25) is 5.78 Å². The summed E-state index contributed by atoms with van der Waals surface area (Å²) in [5.41, 5.74) is 1.68. The average molecular weight is 456 g/mol. The molecule has 0 radical (unpaired) electrons. The highest BCUT2D eigenvalue weighted by molar-refractivity contribution is 6.46. The lowest BCUT2D eigenvalue weighted by molar-refractivity contribution is -0.378. The summed E-state index contributed by atoms with van der Waals surface area (Å²) in [4.78, 5) is 30.6. The second kappa shape index (κ2) is 10.0. The van der Waals surface area contributed by atoms with Crippen LogP contribution in [0.15, 0.2) is 91.3 Å². The lowest BCUT2D eigenvalue weighted by Gasteiger charge is -2.27. The number of benzene rings is 2. The van der Waals surface area contributed by atoms with Crippen molar-refractivity contribution in [1.29, 1.82) is 0 Å². The maximum atomic E-state index is 13.5. The molecule has 2 aromatic carbocycles. The summed E-state index contributed by atoms with van der Waals surface area (Å²) >= 11 is 0. The summed E-state index contributed by atoms with van der Waals surface area (Å²) in [6.45, 7) is 4.11. The van der Waals surface area contributed by atoms with Crippen molar-refractivity contribution in [2.24, 2.45) is 0 Å². The topological polar surface area (TPSA) is 93.0 Å². The van der Waals surface area contributed by atoms with Gasteiger partial charge in [0.1, 0.15) is 18.1 Å². The third kappa shape index (κ3) is 4.54. The van der Waals surface area contributed by atoms with Crippen molar-refractivity contribution >= 4 is 17.4 Å². The zero-order chi connectivity index (χ0) is 24.1. The first kappa shape index (κ1) is 22.8. The summed E-state index contributed by atoms with van der Waals surface area (Å²) in [5, 5.41) is 13.5. The molecule has 0 saturated carbocycles. The summed E-state index contributed by atoms with van der Waals surface area (Å²) < 4.78 is 10.7. The van der Waals surface area contributed by atoms with Crippen LogP contribution in [0.1, 0.15) is 22.7 Å². The number of rotatable bonds is 8. The van der Waals surface area contributed by atoms with Crippen LogP contribution < -0.4 is 19.6 Å². The number of ketones is 1. The number of likely N-dealkylation sites (tertiary alicyclic amines) is 1. The number of methoxy groups -OCH3 is 1. The molecule has 1 fully saturated rings. The van der Waals surface area contributed by atoms with E-state index in [-0.39, 0.29) is 12.1 Å². The SMILES string of the molecule is C=CCOc1ccc(/C([O-])=C2\C(=O)C(=O)N(Cc3ccc[nH+]c3)C2c2ccc(OC)cc2)cc1. The minimum absolute atomic E-state index is 0.0742. The van der Waals surface area contributed by atoms with Crippen molar-refractivity contribution in [3.8, 4) is 11.5 Å². The molecular weight excluding hydrogens is 432 g/mol. The van der Waals surface area contributed by atoms with Gasteiger partial charge in [-0.25, -0.2) is 4.98 Å². The Hall–Kier alpha value is -4.39. The predicted molar refractivity (Wildman–Crippen MR) is 123 cm³/mol. The van der Waals surface area contributed by atoms with Gasteiger partial charge in [0.05, 0.1) is 19.7 Å². The van der Waals surface area contributed by atoms with Crippen molar-refractivity contribution in [3.63, 3.8) is 0 Å². The van der Waals surface area contributed by atoms with E-state index in [0.717, 1.165) is 5.56 Å². The van der Waals surface area contributed by atoms with E-state index < -0.39 is 23.5 Å². The number of Topliss-reactive ketones (excluding diaryl/α,β-unsaturated/α-hetero) is 1. The van der Waals surface area contributed by atoms with E-state index >= 15 is 0 Å². The summed E-state index contributed by atoms with van der Waals surface area (Å²) in [6, 6.07) is 16.3. The second-order valence-electron chi connectivity index (χ2n) is 7.72. The third-order valence-electron chi connectivity index (χ3n) is 5.57. The molecule has 4 rings (SSSR count). The Morgan fingerprint density at radius 3 is 2.41 bits per heavy atom. The number of nitrogens with zero attached hydrogens (tertiary/aromatic N) is 1. The number of carbonyl (C=O) groups excluding carboxylic acids is 2. The van der Waals surface area contributed by atoms with Crippen LogP contribution in [0.25, 0.3) is 5.76 Å². The van der Waals surface area contributed by atoms with Crippen LogP contribution in [0.5, 0.6) is 11.5 Å². The van der Waals surface area contributed by atoms with Crippen LogP contribution in [0.4, 0.5) is 0 Å². The number of aromatic amines is 1. The highest BCUT2D eigenvalue weighted by Crippen LogP contribution is 2.40. The van der Waals surface area contributed by atoms with Crippen molar-refractivity contribution in [2.75, 3.05) is 13.7 Å². The van der Waals surface area contributed by atoms with E-state index in [1.54, 1.807) is 74.1 Å². The molecule has 3 aromatic rings. The smallest absolute Gasteiger partial charge is 0.295 e. The maximum absolute atomic E-state index is 13.5. The molecule has 7 nitrogen and oxygen atoms in total. The van der Waals surface area contributed by atoms with Crippen LogP contribution in [-0.4, -0.2) is 30.3 Å². The Morgan fingerprint density at radius 1 is 1.09 bits per heavy atom. The van der Waals surface area contributed by atoms with E-state index in [0.29, 0.717) is 29.2 Å². The molecule has 1 aliphatic rings. The van der Waals surface area contributed by atoms with E-state index in [2.05, 4.69) is 11.6 Å². The van der Waals surface area contributed by atoms with Crippen LogP contribution >= 0.6 is 0 Å². The first-order valence-electron chi connectivity index (χ1n) is 10.7. The Labute approximate surface area is 197 Å². The van der Waals surface area contributed by atoms with Gasteiger partial charge in [-0.1, -0.05) is 42.7 Å². The highest BCUT2D eigenvalue weighted by atomic mass is 16.5. The first-order chi connectivity index (χ1) is 16.5. The molecule has 1 aliphatic heterocycles. The number of amides is 1. The number of hydrogen-bond donors (Lipinski definition) is 0. The van der Waals surface area contributed by atoms with E-state index in [4.69, 9.17) is 9.47 Å². The standard InChI is InChI=1S/C27H24N2O5/c1-3-15-34-22-12-8-20(9-13-22)25(30)23-24(19-6-10-21(33-2)11-7-19)29(27(32)26(23)31)17-18-5-4-14-28-16-18/h3-14,16,24,30H,1,15,17H2,2H3/b25-23+. The van der Waals surface area contributed by atoms with Crippen LogP contribution in [-0.2, 0) is 16.1 Å². The summed E-state index contributed by atoms with van der Waals surface area (Å²) in [6.07, 6.45) is 5.13. The van der Waals surface area contributed by atoms with Crippen LogP contribution in [0.2, 0.25) is 0 Å². The van der Waals surface area contributed by atoms with Crippen molar-refractivity contribution in [2.45, 2.75) is 12.6 Å². The van der Waals surface area contributed by atoms with E-state index in [9.17, 15) is 14.7 Å². The fourth-order valence-electron chi connectivity index (χ4n) is 3.90. The Bertz CT molecular complexity index is 1220. The summed E-state index contributed by atoms with van der Waals surface area (Å²) in [7, 11) is 1.55. The molecule has 172 valence electrons. The average Bonchev–Trinajstić information content (AvgIpc) is 3.13. The van der Waals surface area contributed by atoms with E-state index in [1.807, 2.05) is 12.1 Å². The summed E-state index contributed by atoms with van der Waals surface area (Å²) in [5.74, 6) is -0.788. The zero-order valence-electron chi connectivity index (χ0n) is 18.7. The predicted octanol–water partition coefficient (Wildman–Crippen LogP) is 2.50. The van der Waals surface area contributed by atoms with Gasteiger partial charge in [0.15, 0.2) is 12.4 Å². The van der Waals surface area contributed by atoms with Gasteiger partial charge in [-0.3, -0.25) is 9.59 Å². The molecule has 7 heteroatoms. The van der Waals surface area contributed by atoms with Crippen molar-refractivity contribution < 1.29 is 29.2 Å². The number of H-pyrrole nitrogens is 1. The van der Waals surface area contributed by atoms with Gasteiger partial charge in [0, 0.05) is 17.2 Å². The molecule has 1 N–H and O–H groups in total. The molecule has 0 bridgehead atoms. The van der Waals surface area contributed by atoms with Gasteiger partial charge < -0.3 is 19.5 Å². The van der Waals surface area contributed by atoms with E-state index in [1.165, 1.54) is 4.90 Å². The second-order valence-corrected chi connectivity index (χ2v) is 7.72. The number of ether oxygens (including phenoxy) is 2. The molecule has 1 saturated heterocycles. The van der Waals surface area contributed by atoms with Crippen molar-refractivity contribution in [1.82, 2.24) is 4.90 Å². The minimum atomic E-state index is -0.824. The van der Waals surface area contributed by atoms with Crippen molar-refractivity contribution in [3.05, 3.63) is 108 Å². The largest absolute Gasteiger partial charge is 0.872 e. The molecule has 34 heavy (non-hydrogen) atoms. The first-order valence-corrected chi connectivity index (χ1v) is 10.7. The Morgan fingerprint density at radius 2 is 1.79 bits per heavy atom. The molecule has 1 atom stereocenters. The minimum Gasteiger partial charge on any atom is -0.872 e. The Balaban J connectivity index is 1.78. The monoisotopic (exact) mass is 456 g/mol. The number of aromatic nitrogens is 1. The van der Waals surface area contributed by atoms with Gasteiger partial charge >= 0.3 is 0 Å². The lowest BCUT2D eigenvalue weighted by atomic mass is 9.95. The number of pyridine rings is 1. The molecule has 0 spiro atoms. The Kier molecular flexibility index (Phi) is 6.73. The maximum Gasteiger partial charge on any atom is 0.295 e. The fourth-order valence-corrected chi connectivity index (χ4v) is 3.90. The molecule has 1 unspecified atom stereocenters. The highest BCUT2D eigenvalue weighted by Gasteiger charge is 2.44. The molecule has 1 aromatic heterocycles. The number of carbonyl (C=O) groups is 2. The molecule has 2 heterocycles. The molecular formula is C27H24N2O5. The fraction of sp³-hybridized carbons (Fsp3) is 0.148. The third-order valence-corrected chi connectivity index (χ3v) is 5.57. The number of hydrogen-bond acceptors (Lipinski definition) is 5. The van der Waals surface area contributed by atoms with Crippen LogP contribution in [0.3, 0.4) is 0 Å². The lowest BCUT2D eigenvalue weighted by Crippen LogP contribution is -2.29. The number of nitrogens with one attached hydrogen (secondary N) is 1. The molecule has 1 amide bonds.